The Hall–Kier alpha value is -3.98. The molecule has 0 aromatic heterocycles. The number of benzene rings is 3. The van der Waals surface area contributed by atoms with Crippen LogP contribution in [0.5, 0.6) is 11.5 Å². The topological polar surface area (TPSA) is 94.1 Å². The van der Waals surface area contributed by atoms with Crippen molar-refractivity contribution >= 4 is 11.9 Å². The summed E-state index contributed by atoms with van der Waals surface area (Å²) in [5, 5.41) is 11.8. The van der Waals surface area contributed by atoms with Gasteiger partial charge in [0, 0.05) is 13.5 Å². The lowest BCUT2D eigenvalue weighted by atomic mass is 9.98. The molecule has 0 aliphatic rings. The number of halogens is 2. The molecule has 0 saturated heterocycles. The Morgan fingerprint density at radius 2 is 1.49 bits per heavy atom. The quantitative estimate of drug-likeness (QED) is 0.447. The van der Waals surface area contributed by atoms with Crippen molar-refractivity contribution in [3.8, 4) is 22.6 Å². The van der Waals surface area contributed by atoms with Crippen LogP contribution in [0.25, 0.3) is 11.1 Å². The Kier molecular flexibility index (Phi) is 8.38. The maximum absolute atomic E-state index is 13.9. The third-order valence-electron chi connectivity index (χ3n) is 5.35. The van der Waals surface area contributed by atoms with E-state index >= 15 is 0 Å². The molecule has 0 aliphatic carbocycles. The van der Waals surface area contributed by atoms with E-state index in [9.17, 15) is 23.5 Å². The zero-order valence-electron chi connectivity index (χ0n) is 19.4. The first-order valence-electron chi connectivity index (χ1n) is 10.6. The van der Waals surface area contributed by atoms with E-state index in [1.807, 2.05) is 12.1 Å². The molecule has 3 rings (SSSR count). The minimum Gasteiger partial charge on any atom is -0.496 e. The fourth-order valence-electron chi connectivity index (χ4n) is 3.69. The second-order valence-corrected chi connectivity index (χ2v) is 7.67. The fraction of sp³-hybridized carbons (Fsp3) is 0.231. The first-order valence-corrected chi connectivity index (χ1v) is 10.6. The van der Waals surface area contributed by atoms with Gasteiger partial charge in [-0.15, -0.1) is 0 Å². The number of methoxy groups -OCH3 is 3. The van der Waals surface area contributed by atoms with Crippen LogP contribution in [0, 0.1) is 11.6 Å². The molecule has 0 bridgehead atoms. The first-order chi connectivity index (χ1) is 16.8. The van der Waals surface area contributed by atoms with E-state index in [2.05, 4.69) is 5.32 Å². The van der Waals surface area contributed by atoms with Crippen LogP contribution in [-0.2, 0) is 22.6 Å². The summed E-state index contributed by atoms with van der Waals surface area (Å²) in [6, 6.07) is 12.2. The van der Waals surface area contributed by atoms with Crippen molar-refractivity contribution in [2.45, 2.75) is 19.1 Å². The Balaban J connectivity index is 1.84. The number of carbonyl (C=O) groups excluding carboxylic acids is 1. The fourth-order valence-corrected chi connectivity index (χ4v) is 3.69. The van der Waals surface area contributed by atoms with E-state index in [0.29, 0.717) is 29.2 Å². The van der Waals surface area contributed by atoms with Crippen LogP contribution in [0.2, 0.25) is 0 Å². The summed E-state index contributed by atoms with van der Waals surface area (Å²) in [6.07, 6.45) is -0.0987. The van der Waals surface area contributed by atoms with Gasteiger partial charge in [0.05, 0.1) is 26.4 Å². The number of hydrogen-bond donors (Lipinski definition) is 2. The molecule has 0 aliphatic heterocycles. The lowest BCUT2D eigenvalue weighted by molar-refractivity contribution is -0.139. The van der Waals surface area contributed by atoms with Crippen molar-refractivity contribution in [1.82, 2.24) is 5.32 Å². The summed E-state index contributed by atoms with van der Waals surface area (Å²) in [5.41, 5.74) is 2.10. The molecular formula is C26H25F2NO6. The molecule has 9 heteroatoms. The van der Waals surface area contributed by atoms with Crippen molar-refractivity contribution in [2.75, 3.05) is 21.3 Å². The first kappa shape index (κ1) is 25.6. The molecule has 1 atom stereocenters. The van der Waals surface area contributed by atoms with Gasteiger partial charge in [0.1, 0.15) is 34.7 Å². The number of amides is 1. The number of carboxylic acid groups (broad SMARTS) is 1. The number of rotatable bonds is 10. The lowest BCUT2D eigenvalue weighted by Gasteiger charge is -2.17. The van der Waals surface area contributed by atoms with Crippen LogP contribution in [0.4, 0.5) is 8.78 Å². The van der Waals surface area contributed by atoms with Gasteiger partial charge in [-0.1, -0.05) is 30.3 Å². The molecule has 1 amide bonds. The highest BCUT2D eigenvalue weighted by atomic mass is 19.1. The van der Waals surface area contributed by atoms with Crippen LogP contribution in [-0.4, -0.2) is 44.4 Å². The predicted molar refractivity (Wildman–Crippen MR) is 125 cm³/mol. The summed E-state index contributed by atoms with van der Waals surface area (Å²) in [7, 11) is 4.68. The monoisotopic (exact) mass is 485 g/mol. The summed E-state index contributed by atoms with van der Waals surface area (Å²) < 4.78 is 44.1. The SMILES string of the molecule is COCc1cc(OC)c(-c2ccc(C[C@H](NC(=O)c3c(F)cccc3F)C(=O)O)cc2)c(OC)c1. The van der Waals surface area contributed by atoms with Gasteiger partial charge >= 0.3 is 5.97 Å². The second kappa shape index (κ2) is 11.4. The van der Waals surface area contributed by atoms with Crippen LogP contribution in [0.1, 0.15) is 21.5 Å². The summed E-state index contributed by atoms with van der Waals surface area (Å²) in [5.74, 6) is -3.48. The lowest BCUT2D eigenvalue weighted by Crippen LogP contribution is -2.42. The third kappa shape index (κ3) is 5.93. The number of carbonyl (C=O) groups is 2. The molecule has 2 N–H and O–H groups in total. The van der Waals surface area contributed by atoms with E-state index < -0.39 is 35.1 Å². The molecule has 3 aromatic rings. The molecule has 3 aromatic carbocycles. The highest BCUT2D eigenvalue weighted by Crippen LogP contribution is 2.40. The maximum Gasteiger partial charge on any atom is 0.326 e. The normalized spacial score (nSPS) is 11.6. The van der Waals surface area contributed by atoms with Gasteiger partial charge in [-0.05, 0) is 41.0 Å². The van der Waals surface area contributed by atoms with Crippen molar-refractivity contribution in [2.24, 2.45) is 0 Å². The number of carboxylic acids is 1. The Morgan fingerprint density at radius 1 is 0.914 bits per heavy atom. The van der Waals surface area contributed by atoms with Crippen molar-refractivity contribution in [3.63, 3.8) is 0 Å². The molecule has 0 unspecified atom stereocenters. The van der Waals surface area contributed by atoms with E-state index in [1.165, 1.54) is 0 Å². The van der Waals surface area contributed by atoms with Crippen molar-refractivity contribution < 1.29 is 37.7 Å². The zero-order valence-corrected chi connectivity index (χ0v) is 19.4. The number of ether oxygens (including phenoxy) is 3. The zero-order chi connectivity index (χ0) is 25.5. The molecule has 0 saturated carbocycles. The maximum atomic E-state index is 13.9. The average molecular weight is 485 g/mol. The Morgan fingerprint density at radius 3 is 1.97 bits per heavy atom. The third-order valence-corrected chi connectivity index (χ3v) is 5.35. The van der Waals surface area contributed by atoms with Gasteiger partial charge in [0.2, 0.25) is 0 Å². The van der Waals surface area contributed by atoms with Gasteiger partial charge in [-0.2, -0.15) is 0 Å². The van der Waals surface area contributed by atoms with Crippen LogP contribution < -0.4 is 14.8 Å². The summed E-state index contributed by atoms with van der Waals surface area (Å²) in [4.78, 5) is 24.1. The van der Waals surface area contributed by atoms with Gasteiger partial charge in [-0.25, -0.2) is 13.6 Å². The number of nitrogens with one attached hydrogen (secondary N) is 1. The highest BCUT2D eigenvalue weighted by molar-refractivity contribution is 5.97. The van der Waals surface area contributed by atoms with Crippen molar-refractivity contribution in [1.29, 1.82) is 0 Å². The molecule has 0 fully saturated rings. The minimum absolute atomic E-state index is 0.0987. The second-order valence-electron chi connectivity index (χ2n) is 7.67. The number of hydrogen-bond acceptors (Lipinski definition) is 5. The molecule has 35 heavy (non-hydrogen) atoms. The molecule has 184 valence electrons. The smallest absolute Gasteiger partial charge is 0.326 e. The van der Waals surface area contributed by atoms with Gasteiger partial charge in [0.15, 0.2) is 0 Å². The summed E-state index contributed by atoms with van der Waals surface area (Å²) in [6.45, 7) is 0.380. The molecule has 0 radical (unpaired) electrons. The van der Waals surface area contributed by atoms with Gasteiger partial charge in [0.25, 0.3) is 5.91 Å². The van der Waals surface area contributed by atoms with Gasteiger partial charge in [-0.3, -0.25) is 4.79 Å². The summed E-state index contributed by atoms with van der Waals surface area (Å²) >= 11 is 0. The standard InChI is InChI=1S/C26H25F2NO6/c1-33-14-16-12-21(34-2)23(22(13-16)35-3)17-9-7-15(8-10-17)11-20(26(31)32)29-25(30)24-18(27)5-4-6-19(24)28/h4-10,12-13,20H,11,14H2,1-3H3,(H,29,30)(H,31,32)/t20-/m0/s1. The minimum atomic E-state index is -1.40. The largest absolute Gasteiger partial charge is 0.496 e. The van der Waals surface area contributed by atoms with E-state index in [0.717, 1.165) is 29.3 Å². The highest BCUT2D eigenvalue weighted by Gasteiger charge is 2.25. The van der Waals surface area contributed by atoms with E-state index in [4.69, 9.17) is 14.2 Å². The predicted octanol–water partition coefficient (Wildman–Crippen LogP) is 4.22. The average Bonchev–Trinajstić information content (AvgIpc) is 2.83. The molecular weight excluding hydrogens is 460 g/mol. The van der Waals surface area contributed by atoms with Crippen molar-refractivity contribution in [3.05, 3.63) is 82.9 Å². The van der Waals surface area contributed by atoms with E-state index in [1.54, 1.807) is 45.6 Å². The molecule has 0 heterocycles. The Labute approximate surface area is 201 Å². The van der Waals surface area contributed by atoms with Crippen LogP contribution in [0.15, 0.2) is 54.6 Å². The molecule has 0 spiro atoms. The van der Waals surface area contributed by atoms with E-state index in [-0.39, 0.29) is 6.42 Å². The van der Waals surface area contributed by atoms with Crippen LogP contribution in [0.3, 0.4) is 0 Å². The van der Waals surface area contributed by atoms with Crippen LogP contribution >= 0.6 is 0 Å². The Bertz CT molecular complexity index is 1170. The van der Waals surface area contributed by atoms with Gasteiger partial charge < -0.3 is 24.6 Å². The molecule has 7 nitrogen and oxygen atoms in total. The number of aliphatic carboxylic acids is 1.